The van der Waals surface area contributed by atoms with Gasteiger partial charge in [-0.25, -0.2) is 15.5 Å². The molecule has 0 aromatic heterocycles. The molecule has 1 atom stereocenters. The van der Waals surface area contributed by atoms with Crippen LogP contribution in [0, 0.1) is 0 Å². The van der Waals surface area contributed by atoms with E-state index in [1.165, 1.54) is 4.90 Å². The average molecular weight is 666 g/mol. The Morgan fingerprint density at radius 3 is 2.12 bits per heavy atom. The fourth-order valence-electron chi connectivity index (χ4n) is 5.55. The molecule has 49 heavy (non-hydrogen) atoms. The number of amides is 1. The highest BCUT2D eigenvalue weighted by Crippen LogP contribution is 2.41. The van der Waals surface area contributed by atoms with Gasteiger partial charge in [0, 0.05) is 47.7 Å². The standard InChI is InChI=1S/C38H39N3O8/c1-5-41(6-2)26-16-20-28(21-17-26)48-38(44)46-24-25-14-18-27(19-15-25)47-37(43)40(3)33-12-9-11-30-29(33)22-23-32(35(30)42)36(49-39)31-10-7-8-13-34(31)45-4/h7-23,36,42H,5-6,24,39H2,1-4H3. The van der Waals surface area contributed by atoms with Crippen LogP contribution in [0.2, 0.25) is 0 Å². The molecule has 0 heterocycles. The maximum Gasteiger partial charge on any atom is 0.514 e. The van der Waals surface area contributed by atoms with E-state index in [-0.39, 0.29) is 12.4 Å². The molecule has 5 aromatic rings. The second-order valence-corrected chi connectivity index (χ2v) is 11.0. The van der Waals surface area contributed by atoms with E-state index in [1.54, 1.807) is 87.0 Å². The first-order valence-corrected chi connectivity index (χ1v) is 15.7. The lowest BCUT2D eigenvalue weighted by atomic mass is 9.96. The largest absolute Gasteiger partial charge is 0.514 e. The van der Waals surface area contributed by atoms with Gasteiger partial charge in [-0.3, -0.25) is 9.74 Å². The lowest BCUT2D eigenvalue weighted by Gasteiger charge is -2.22. The van der Waals surface area contributed by atoms with Crippen molar-refractivity contribution in [2.45, 2.75) is 26.6 Å². The topological polar surface area (TPSA) is 133 Å². The average Bonchev–Trinajstić information content (AvgIpc) is 3.13. The van der Waals surface area contributed by atoms with Crippen molar-refractivity contribution in [1.82, 2.24) is 0 Å². The number of benzene rings is 5. The molecule has 0 saturated carbocycles. The molecule has 0 aliphatic rings. The van der Waals surface area contributed by atoms with E-state index < -0.39 is 18.4 Å². The van der Waals surface area contributed by atoms with Crippen LogP contribution in [0.3, 0.4) is 0 Å². The summed E-state index contributed by atoms with van der Waals surface area (Å²) in [6.45, 7) is 5.88. The maximum absolute atomic E-state index is 13.2. The molecule has 1 unspecified atom stereocenters. The molecule has 254 valence electrons. The fourth-order valence-corrected chi connectivity index (χ4v) is 5.55. The number of methoxy groups -OCH3 is 1. The predicted molar refractivity (Wildman–Crippen MR) is 187 cm³/mol. The number of carbonyl (C=O) groups excluding carboxylic acids is 2. The third kappa shape index (κ3) is 7.86. The van der Waals surface area contributed by atoms with Gasteiger partial charge in [0.1, 0.15) is 35.7 Å². The van der Waals surface area contributed by atoms with Gasteiger partial charge in [0.25, 0.3) is 0 Å². The summed E-state index contributed by atoms with van der Waals surface area (Å²) in [4.78, 5) is 34.3. The van der Waals surface area contributed by atoms with Crippen LogP contribution in [0.25, 0.3) is 10.8 Å². The highest BCUT2D eigenvalue weighted by Gasteiger charge is 2.24. The first-order chi connectivity index (χ1) is 23.8. The van der Waals surface area contributed by atoms with Crippen molar-refractivity contribution < 1.29 is 38.5 Å². The number of rotatable bonds is 12. The van der Waals surface area contributed by atoms with Gasteiger partial charge in [-0.15, -0.1) is 0 Å². The van der Waals surface area contributed by atoms with E-state index in [1.807, 2.05) is 30.3 Å². The molecule has 0 saturated heterocycles. The summed E-state index contributed by atoms with van der Waals surface area (Å²) in [7, 11) is 3.12. The van der Waals surface area contributed by atoms with Gasteiger partial charge in [0.05, 0.1) is 12.8 Å². The zero-order valence-electron chi connectivity index (χ0n) is 27.8. The van der Waals surface area contributed by atoms with Crippen molar-refractivity contribution >= 4 is 34.4 Å². The Labute approximate surface area is 284 Å². The number of nitrogens with zero attached hydrogens (tertiary/aromatic N) is 2. The molecule has 11 nitrogen and oxygen atoms in total. The molecule has 0 fully saturated rings. The molecule has 0 aliphatic carbocycles. The minimum Gasteiger partial charge on any atom is -0.507 e. The highest BCUT2D eigenvalue weighted by atomic mass is 16.7. The Kier molecular flexibility index (Phi) is 11.2. The highest BCUT2D eigenvalue weighted by molar-refractivity contribution is 6.04. The minimum atomic E-state index is -0.827. The summed E-state index contributed by atoms with van der Waals surface area (Å²) in [5.41, 5.74) is 3.31. The number of fused-ring (bicyclic) bond motifs is 1. The van der Waals surface area contributed by atoms with Crippen molar-refractivity contribution in [1.29, 1.82) is 0 Å². The Bertz CT molecular complexity index is 1890. The quantitative estimate of drug-likeness (QED) is 0.0775. The van der Waals surface area contributed by atoms with E-state index in [2.05, 4.69) is 18.7 Å². The molecule has 1 amide bonds. The van der Waals surface area contributed by atoms with E-state index in [0.29, 0.717) is 50.4 Å². The smallest absolute Gasteiger partial charge is 0.507 e. The number of carbonyl (C=O) groups is 2. The molecule has 5 rings (SSSR count). The summed E-state index contributed by atoms with van der Waals surface area (Å²) < 4.78 is 21.6. The number of para-hydroxylation sites is 1. The van der Waals surface area contributed by atoms with Crippen LogP contribution in [0.5, 0.6) is 23.0 Å². The van der Waals surface area contributed by atoms with Gasteiger partial charge in [-0.2, -0.15) is 0 Å². The molecular formula is C38H39N3O8. The second-order valence-electron chi connectivity index (χ2n) is 11.0. The monoisotopic (exact) mass is 665 g/mol. The zero-order chi connectivity index (χ0) is 34.9. The summed E-state index contributed by atoms with van der Waals surface area (Å²) in [6.07, 6.45) is -2.28. The van der Waals surface area contributed by atoms with Gasteiger partial charge in [0.2, 0.25) is 0 Å². The molecule has 0 radical (unpaired) electrons. The third-order valence-corrected chi connectivity index (χ3v) is 8.17. The zero-order valence-corrected chi connectivity index (χ0v) is 27.8. The second kappa shape index (κ2) is 15.9. The SMILES string of the molecule is CCN(CC)c1ccc(OC(=O)OCc2ccc(OC(=O)N(C)c3cccc4c(O)c(C(ON)c5ccccc5OC)ccc34)cc2)cc1. The first-order valence-electron chi connectivity index (χ1n) is 15.7. The number of hydrogen-bond acceptors (Lipinski definition) is 10. The van der Waals surface area contributed by atoms with Gasteiger partial charge in [0.15, 0.2) is 0 Å². The number of hydrogen-bond donors (Lipinski definition) is 2. The minimum absolute atomic E-state index is 0.0287. The van der Waals surface area contributed by atoms with Crippen LogP contribution in [0.4, 0.5) is 21.0 Å². The third-order valence-electron chi connectivity index (χ3n) is 8.17. The molecule has 0 bridgehead atoms. The fraction of sp³-hybridized carbons (Fsp3) is 0.211. The van der Waals surface area contributed by atoms with E-state index in [4.69, 9.17) is 29.7 Å². The van der Waals surface area contributed by atoms with E-state index >= 15 is 0 Å². The maximum atomic E-state index is 13.2. The normalized spacial score (nSPS) is 11.4. The van der Waals surface area contributed by atoms with E-state index in [0.717, 1.165) is 18.8 Å². The summed E-state index contributed by atoms with van der Waals surface area (Å²) in [5.74, 6) is 6.88. The lowest BCUT2D eigenvalue weighted by Crippen LogP contribution is -2.29. The Morgan fingerprint density at radius 1 is 0.776 bits per heavy atom. The van der Waals surface area contributed by atoms with E-state index in [9.17, 15) is 14.7 Å². The first kappa shape index (κ1) is 34.6. The van der Waals surface area contributed by atoms with Gasteiger partial charge >= 0.3 is 12.2 Å². The van der Waals surface area contributed by atoms with Crippen LogP contribution in [-0.2, 0) is 16.2 Å². The number of phenolic OH excluding ortho intramolecular Hbond substituents is 1. The van der Waals surface area contributed by atoms with Crippen molar-refractivity contribution in [2.24, 2.45) is 5.90 Å². The Balaban J connectivity index is 1.21. The predicted octanol–water partition coefficient (Wildman–Crippen LogP) is 7.73. The van der Waals surface area contributed by atoms with Crippen LogP contribution >= 0.6 is 0 Å². The van der Waals surface area contributed by atoms with Crippen molar-refractivity contribution in [3.63, 3.8) is 0 Å². The van der Waals surface area contributed by atoms with Crippen LogP contribution in [0.15, 0.2) is 103 Å². The van der Waals surface area contributed by atoms with Crippen LogP contribution in [-0.4, -0.2) is 44.6 Å². The molecule has 0 spiro atoms. The number of anilines is 2. The molecular weight excluding hydrogens is 626 g/mol. The molecule has 3 N–H and O–H groups in total. The summed E-state index contributed by atoms with van der Waals surface area (Å²) >= 11 is 0. The van der Waals surface area contributed by atoms with Crippen LogP contribution < -0.4 is 29.9 Å². The van der Waals surface area contributed by atoms with Gasteiger partial charge in [-0.1, -0.05) is 54.6 Å². The van der Waals surface area contributed by atoms with Crippen molar-refractivity contribution in [2.75, 3.05) is 37.0 Å². The lowest BCUT2D eigenvalue weighted by molar-refractivity contribution is 0.0779. The summed E-state index contributed by atoms with van der Waals surface area (Å²) in [6, 6.07) is 29.8. The van der Waals surface area contributed by atoms with Gasteiger partial charge < -0.3 is 29.0 Å². The summed E-state index contributed by atoms with van der Waals surface area (Å²) in [5, 5.41) is 12.4. The number of ether oxygens (including phenoxy) is 4. The van der Waals surface area contributed by atoms with Crippen molar-refractivity contribution in [3.05, 3.63) is 120 Å². The molecule has 5 aromatic carbocycles. The number of nitrogens with two attached hydrogens (primary N) is 1. The number of phenols is 1. The number of aromatic hydroxyl groups is 1. The van der Waals surface area contributed by atoms with Gasteiger partial charge in [-0.05, 0) is 67.9 Å². The molecule has 0 aliphatic heterocycles. The Hall–Kier alpha value is -5.78. The van der Waals surface area contributed by atoms with Crippen LogP contribution in [0.1, 0.15) is 36.6 Å². The van der Waals surface area contributed by atoms with Crippen molar-refractivity contribution in [3.8, 4) is 23.0 Å². The Morgan fingerprint density at radius 2 is 1.45 bits per heavy atom. The molecule has 11 heteroatoms.